The van der Waals surface area contributed by atoms with Crippen molar-refractivity contribution in [2.75, 3.05) is 19.7 Å². The SMILES string of the molecule is CCOC(=O)[C@@H]1CCCN(Cc2oc(CO)cc(=O)c2O)C1. The molecule has 2 rings (SSSR count). The minimum absolute atomic E-state index is 0.108. The molecule has 0 unspecified atom stereocenters. The second-order valence-electron chi connectivity index (χ2n) is 5.33. The molecule has 2 heterocycles. The van der Waals surface area contributed by atoms with E-state index in [0.717, 1.165) is 25.5 Å². The van der Waals surface area contributed by atoms with Gasteiger partial charge in [0.05, 0.1) is 19.1 Å². The van der Waals surface area contributed by atoms with Crippen LogP contribution in [-0.2, 0) is 22.7 Å². The number of ether oxygens (including phenoxy) is 1. The highest BCUT2D eigenvalue weighted by Gasteiger charge is 2.28. The highest BCUT2D eigenvalue weighted by atomic mass is 16.5. The third-order valence-corrected chi connectivity index (χ3v) is 3.69. The van der Waals surface area contributed by atoms with Crippen LogP contribution >= 0.6 is 0 Å². The molecule has 0 saturated carbocycles. The van der Waals surface area contributed by atoms with Crippen molar-refractivity contribution in [1.82, 2.24) is 4.90 Å². The molecule has 1 aromatic heterocycles. The number of aliphatic hydroxyl groups excluding tert-OH is 1. The molecular weight excluding hydrogens is 290 g/mol. The van der Waals surface area contributed by atoms with Crippen molar-refractivity contribution in [3.05, 3.63) is 27.8 Å². The van der Waals surface area contributed by atoms with Gasteiger partial charge in [0, 0.05) is 12.6 Å². The summed E-state index contributed by atoms with van der Waals surface area (Å²) in [6.07, 6.45) is 1.59. The predicted molar refractivity (Wildman–Crippen MR) is 77.2 cm³/mol. The molecular formula is C15H21NO6. The number of hydrogen-bond donors (Lipinski definition) is 2. The van der Waals surface area contributed by atoms with Crippen LogP contribution in [-0.4, -0.2) is 40.8 Å². The second-order valence-corrected chi connectivity index (χ2v) is 5.33. The van der Waals surface area contributed by atoms with E-state index >= 15 is 0 Å². The van der Waals surface area contributed by atoms with Crippen LogP contribution in [0.25, 0.3) is 0 Å². The molecule has 1 saturated heterocycles. The van der Waals surface area contributed by atoms with Gasteiger partial charge in [0.2, 0.25) is 11.2 Å². The Hall–Kier alpha value is -1.86. The summed E-state index contributed by atoms with van der Waals surface area (Å²) in [6.45, 7) is 3.15. The molecule has 1 aliphatic heterocycles. The van der Waals surface area contributed by atoms with Gasteiger partial charge in [-0.05, 0) is 26.3 Å². The first-order valence-corrected chi connectivity index (χ1v) is 7.39. The van der Waals surface area contributed by atoms with Crippen molar-refractivity contribution < 1.29 is 24.2 Å². The summed E-state index contributed by atoms with van der Waals surface area (Å²) in [6, 6.07) is 1.07. The summed E-state index contributed by atoms with van der Waals surface area (Å²) in [4.78, 5) is 25.4. The lowest BCUT2D eigenvalue weighted by Gasteiger charge is -2.31. The summed E-state index contributed by atoms with van der Waals surface area (Å²) in [5.74, 6) is -0.654. The summed E-state index contributed by atoms with van der Waals surface area (Å²) < 4.78 is 10.4. The summed E-state index contributed by atoms with van der Waals surface area (Å²) in [5, 5.41) is 18.9. The third-order valence-electron chi connectivity index (χ3n) is 3.69. The van der Waals surface area contributed by atoms with Crippen LogP contribution in [0.4, 0.5) is 0 Å². The van der Waals surface area contributed by atoms with Gasteiger partial charge in [-0.3, -0.25) is 14.5 Å². The van der Waals surface area contributed by atoms with Crippen LogP contribution in [0.15, 0.2) is 15.3 Å². The zero-order valence-corrected chi connectivity index (χ0v) is 12.6. The highest BCUT2D eigenvalue weighted by Crippen LogP contribution is 2.22. The normalized spacial score (nSPS) is 19.1. The first-order chi connectivity index (χ1) is 10.5. The Kier molecular flexibility index (Phi) is 5.57. The van der Waals surface area contributed by atoms with E-state index in [4.69, 9.17) is 14.3 Å². The van der Waals surface area contributed by atoms with Crippen LogP contribution in [0.2, 0.25) is 0 Å². The molecule has 0 amide bonds. The van der Waals surface area contributed by atoms with Crippen molar-refractivity contribution in [1.29, 1.82) is 0 Å². The number of esters is 1. The average Bonchev–Trinajstić information content (AvgIpc) is 2.52. The lowest BCUT2D eigenvalue weighted by atomic mass is 9.98. The van der Waals surface area contributed by atoms with Crippen molar-refractivity contribution in [2.24, 2.45) is 5.92 Å². The van der Waals surface area contributed by atoms with E-state index in [1.807, 2.05) is 4.90 Å². The summed E-state index contributed by atoms with van der Waals surface area (Å²) in [5.41, 5.74) is -0.579. The first kappa shape index (κ1) is 16.5. The Bertz CT molecular complexity index is 582. The van der Waals surface area contributed by atoms with Gasteiger partial charge in [-0.15, -0.1) is 0 Å². The van der Waals surface area contributed by atoms with Gasteiger partial charge in [-0.25, -0.2) is 0 Å². The van der Waals surface area contributed by atoms with Crippen LogP contribution < -0.4 is 5.43 Å². The minimum atomic E-state index is -0.579. The van der Waals surface area contributed by atoms with Crippen LogP contribution in [0.5, 0.6) is 5.75 Å². The van der Waals surface area contributed by atoms with Gasteiger partial charge in [0.1, 0.15) is 12.4 Å². The van der Waals surface area contributed by atoms with E-state index in [9.17, 15) is 14.7 Å². The molecule has 0 bridgehead atoms. The molecule has 2 N–H and O–H groups in total. The van der Waals surface area contributed by atoms with Crippen LogP contribution in [0.1, 0.15) is 31.3 Å². The van der Waals surface area contributed by atoms with Crippen molar-refractivity contribution in [2.45, 2.75) is 32.9 Å². The first-order valence-electron chi connectivity index (χ1n) is 7.39. The fraction of sp³-hybridized carbons (Fsp3) is 0.600. The Morgan fingerprint density at radius 2 is 2.32 bits per heavy atom. The van der Waals surface area contributed by atoms with E-state index in [-0.39, 0.29) is 30.0 Å². The van der Waals surface area contributed by atoms with Gasteiger partial charge in [0.15, 0.2) is 5.76 Å². The molecule has 0 aromatic carbocycles. The number of rotatable bonds is 5. The molecule has 0 radical (unpaired) electrons. The topological polar surface area (TPSA) is 100 Å². The lowest BCUT2D eigenvalue weighted by molar-refractivity contribution is -0.150. The molecule has 22 heavy (non-hydrogen) atoms. The average molecular weight is 311 g/mol. The number of piperidine rings is 1. The zero-order valence-electron chi connectivity index (χ0n) is 12.6. The molecule has 122 valence electrons. The van der Waals surface area contributed by atoms with Gasteiger partial charge in [0.25, 0.3) is 0 Å². The molecule has 7 heteroatoms. The number of aliphatic hydroxyl groups is 1. The Morgan fingerprint density at radius 3 is 3.00 bits per heavy atom. The molecule has 1 fully saturated rings. The largest absolute Gasteiger partial charge is 0.502 e. The molecule has 0 aliphatic carbocycles. The number of nitrogens with zero attached hydrogens (tertiary/aromatic N) is 1. The fourth-order valence-corrected chi connectivity index (χ4v) is 2.63. The van der Waals surface area contributed by atoms with Crippen molar-refractivity contribution in [3.8, 4) is 5.75 Å². The number of carbonyl (C=O) groups is 1. The Labute approximate surface area is 128 Å². The van der Waals surface area contributed by atoms with Gasteiger partial charge < -0.3 is 19.4 Å². The Morgan fingerprint density at radius 1 is 1.55 bits per heavy atom. The maximum absolute atomic E-state index is 11.8. The predicted octanol–water partition coefficient (Wildman–Crippen LogP) is 0.613. The molecule has 7 nitrogen and oxygen atoms in total. The van der Waals surface area contributed by atoms with E-state index in [0.29, 0.717) is 13.2 Å². The van der Waals surface area contributed by atoms with Crippen molar-refractivity contribution in [3.63, 3.8) is 0 Å². The maximum atomic E-state index is 11.8. The Balaban J connectivity index is 2.09. The quantitative estimate of drug-likeness (QED) is 0.768. The monoisotopic (exact) mass is 311 g/mol. The number of hydrogen-bond acceptors (Lipinski definition) is 7. The molecule has 1 atom stereocenters. The van der Waals surface area contributed by atoms with Gasteiger partial charge >= 0.3 is 5.97 Å². The number of aromatic hydroxyl groups is 1. The van der Waals surface area contributed by atoms with E-state index in [1.165, 1.54) is 0 Å². The molecule has 0 spiro atoms. The third kappa shape index (κ3) is 3.86. The summed E-state index contributed by atoms with van der Waals surface area (Å²) >= 11 is 0. The number of likely N-dealkylation sites (tertiary alicyclic amines) is 1. The van der Waals surface area contributed by atoms with E-state index in [2.05, 4.69) is 0 Å². The second kappa shape index (κ2) is 7.42. The zero-order chi connectivity index (χ0) is 16.1. The minimum Gasteiger partial charge on any atom is -0.502 e. The summed E-state index contributed by atoms with van der Waals surface area (Å²) in [7, 11) is 0. The standard InChI is InChI=1S/C15H21NO6/c1-2-21-15(20)10-4-3-5-16(7-10)8-13-14(19)12(18)6-11(9-17)22-13/h6,10,17,19H,2-5,7-9H2,1H3/t10-/m1/s1. The van der Waals surface area contributed by atoms with Crippen LogP contribution in [0.3, 0.4) is 0 Å². The fourth-order valence-electron chi connectivity index (χ4n) is 2.63. The van der Waals surface area contributed by atoms with Crippen molar-refractivity contribution >= 4 is 5.97 Å². The number of carbonyl (C=O) groups excluding carboxylic acids is 1. The smallest absolute Gasteiger partial charge is 0.310 e. The maximum Gasteiger partial charge on any atom is 0.310 e. The molecule has 1 aliphatic rings. The molecule has 1 aromatic rings. The van der Waals surface area contributed by atoms with E-state index in [1.54, 1.807) is 6.92 Å². The highest BCUT2D eigenvalue weighted by molar-refractivity contribution is 5.72. The van der Waals surface area contributed by atoms with E-state index < -0.39 is 17.8 Å². The van der Waals surface area contributed by atoms with Crippen LogP contribution in [0, 0.1) is 5.92 Å². The lowest BCUT2D eigenvalue weighted by Crippen LogP contribution is -2.39. The van der Waals surface area contributed by atoms with Gasteiger partial charge in [-0.1, -0.05) is 0 Å². The van der Waals surface area contributed by atoms with Gasteiger partial charge in [-0.2, -0.15) is 0 Å².